The first kappa shape index (κ1) is 24.3. The Kier molecular flexibility index (Phi) is 9.78. The minimum Gasteiger partial charge on any atom is -0.506 e. The van der Waals surface area contributed by atoms with Crippen LogP contribution in [0.15, 0.2) is 33.2 Å². The number of aliphatic carboxylic acids is 1. The summed E-state index contributed by atoms with van der Waals surface area (Å²) in [5, 5.41) is 20.8. The number of rotatable bonds is 5. The van der Waals surface area contributed by atoms with E-state index in [0.29, 0.717) is 31.7 Å². The van der Waals surface area contributed by atoms with Crippen LogP contribution in [0.25, 0.3) is 0 Å². The fourth-order valence-electron chi connectivity index (χ4n) is 1.92. The van der Waals surface area contributed by atoms with Crippen LogP contribution in [-0.4, -0.2) is 22.1 Å². The van der Waals surface area contributed by atoms with Crippen LogP contribution in [-0.2, 0) is 9.59 Å². The van der Waals surface area contributed by atoms with E-state index >= 15 is 0 Å². The molecule has 0 atom stereocenters. The van der Waals surface area contributed by atoms with Crippen LogP contribution in [0.1, 0.15) is 32.3 Å². The van der Waals surface area contributed by atoms with Crippen LogP contribution >= 0.6 is 43.5 Å². The number of phenols is 1. The third-order valence-corrected chi connectivity index (χ3v) is 4.99. The number of hydrogen-bond donors (Lipinski definition) is 3. The number of aromatic hydroxyl groups is 1. The van der Waals surface area contributed by atoms with Gasteiger partial charge in [0.1, 0.15) is 17.9 Å². The number of ether oxygens (including phenoxy) is 1. The topological polar surface area (TPSA) is 95.9 Å². The Balaban J connectivity index is 0.00000122. The van der Waals surface area contributed by atoms with Crippen LogP contribution in [0, 0.1) is 6.92 Å². The number of carboxylic acids is 1. The van der Waals surface area contributed by atoms with Gasteiger partial charge in [0.05, 0.1) is 14.0 Å². The summed E-state index contributed by atoms with van der Waals surface area (Å²) in [6, 6.07) is 6.04. The molecule has 0 spiro atoms. The molecule has 9 heteroatoms. The summed E-state index contributed by atoms with van der Waals surface area (Å²) < 4.78 is 6.88. The van der Waals surface area contributed by atoms with Crippen LogP contribution in [0.3, 0.4) is 0 Å². The molecule has 0 radical (unpaired) electrons. The number of carboxylic acid groups (broad SMARTS) is 1. The predicted molar refractivity (Wildman–Crippen MR) is 117 cm³/mol. The Bertz CT molecular complexity index is 874. The molecule has 0 aliphatic rings. The van der Waals surface area contributed by atoms with Gasteiger partial charge in [-0.1, -0.05) is 31.9 Å². The lowest BCUT2D eigenvalue weighted by Gasteiger charge is -2.16. The molecule has 0 saturated carbocycles. The van der Waals surface area contributed by atoms with E-state index < -0.39 is 18.3 Å². The van der Waals surface area contributed by atoms with Crippen molar-refractivity contribution in [3.8, 4) is 17.2 Å². The summed E-state index contributed by atoms with van der Waals surface area (Å²) >= 11 is 12.6. The maximum atomic E-state index is 11.7. The van der Waals surface area contributed by atoms with E-state index in [-0.39, 0.29) is 10.8 Å². The number of carbonyl (C=O) groups excluding carboxylic acids is 1. The third kappa shape index (κ3) is 7.00. The van der Waals surface area contributed by atoms with Crippen molar-refractivity contribution in [3.05, 3.63) is 43.8 Å². The molecule has 0 fully saturated rings. The van der Waals surface area contributed by atoms with E-state index in [2.05, 4.69) is 51.0 Å². The smallest absolute Gasteiger partial charge is 0.312 e. The summed E-state index contributed by atoms with van der Waals surface area (Å²) in [4.78, 5) is 22.3. The van der Waals surface area contributed by atoms with Gasteiger partial charge in [0.2, 0.25) is 5.91 Å². The Hall–Kier alpha value is -1.77. The second-order valence-corrected chi connectivity index (χ2v) is 7.77. The van der Waals surface area contributed by atoms with Gasteiger partial charge < -0.3 is 20.3 Å². The van der Waals surface area contributed by atoms with Gasteiger partial charge in [-0.05, 0) is 62.5 Å². The lowest BCUT2D eigenvalue weighted by molar-refractivity contribution is -0.139. The first-order valence-corrected chi connectivity index (χ1v) is 10.2. The first-order valence-electron chi connectivity index (χ1n) is 8.27. The molecule has 1 amide bonds. The molecule has 2 aromatic rings. The third-order valence-electron chi connectivity index (χ3n) is 3.15. The maximum Gasteiger partial charge on any atom is 0.312 e. The molecule has 0 heterocycles. The summed E-state index contributed by atoms with van der Waals surface area (Å²) in [7, 11) is 0. The van der Waals surface area contributed by atoms with Crippen LogP contribution in [0.4, 0.5) is 5.69 Å². The highest BCUT2D eigenvalue weighted by Gasteiger charge is 2.17. The predicted octanol–water partition coefficient (Wildman–Crippen LogP) is 6.50. The van der Waals surface area contributed by atoms with Crippen molar-refractivity contribution in [2.24, 2.45) is 0 Å². The zero-order valence-electron chi connectivity index (χ0n) is 15.5. The molecule has 0 aliphatic heterocycles. The normalized spacial score (nSPS) is 9.93. The minimum atomic E-state index is -1.21. The Morgan fingerprint density at radius 2 is 1.82 bits per heavy atom. The molecule has 3 N–H and O–H groups in total. The second kappa shape index (κ2) is 11.3. The van der Waals surface area contributed by atoms with Gasteiger partial charge in [0, 0.05) is 11.8 Å². The van der Waals surface area contributed by atoms with Gasteiger partial charge in [0.15, 0.2) is 5.75 Å². The zero-order valence-corrected chi connectivity index (χ0v) is 19.4. The van der Waals surface area contributed by atoms with E-state index in [1.54, 1.807) is 19.1 Å². The van der Waals surface area contributed by atoms with Gasteiger partial charge in [-0.15, -0.1) is 0 Å². The molecule has 0 saturated heterocycles. The number of anilines is 1. The average molecular weight is 538 g/mol. The first-order chi connectivity index (χ1) is 13.1. The van der Waals surface area contributed by atoms with Crippen molar-refractivity contribution in [3.63, 3.8) is 0 Å². The number of benzene rings is 2. The molecule has 0 bridgehead atoms. The van der Waals surface area contributed by atoms with Gasteiger partial charge >= 0.3 is 5.97 Å². The molecule has 2 aromatic carbocycles. The zero-order chi connectivity index (χ0) is 21.4. The highest BCUT2D eigenvalue weighted by atomic mass is 79.9. The van der Waals surface area contributed by atoms with Crippen LogP contribution in [0.5, 0.6) is 17.2 Å². The van der Waals surface area contributed by atoms with Crippen molar-refractivity contribution >= 4 is 61.0 Å². The SMILES string of the molecule is CCC.Cc1c(NC(=O)CC(=O)O)cc(Br)c(Oc2ccc(O)c(Cl)c2)c1Br. The Morgan fingerprint density at radius 3 is 2.36 bits per heavy atom. The lowest BCUT2D eigenvalue weighted by Crippen LogP contribution is -2.16. The quantitative estimate of drug-likeness (QED) is 0.379. The van der Waals surface area contributed by atoms with E-state index in [9.17, 15) is 14.7 Å². The number of nitrogens with one attached hydrogen (secondary N) is 1. The largest absolute Gasteiger partial charge is 0.506 e. The summed E-state index contributed by atoms with van der Waals surface area (Å²) in [5.74, 6) is -1.05. The summed E-state index contributed by atoms with van der Waals surface area (Å²) in [6.45, 7) is 5.99. The standard InChI is InChI=1S/C16H12Br2ClNO5.C3H8/c1-7-11(20-13(22)6-14(23)24)5-9(17)16(15(7)18)25-8-2-3-12(21)10(19)4-8;1-3-2/h2-5,21H,6H2,1H3,(H,20,22)(H,23,24);3H2,1-2H3. The number of carbonyl (C=O) groups is 2. The van der Waals surface area contributed by atoms with Crippen molar-refractivity contribution in [2.45, 2.75) is 33.6 Å². The second-order valence-electron chi connectivity index (χ2n) is 5.72. The summed E-state index contributed by atoms with van der Waals surface area (Å²) in [5.41, 5.74) is 1.10. The summed E-state index contributed by atoms with van der Waals surface area (Å²) in [6.07, 6.45) is 0.624. The number of hydrogen-bond acceptors (Lipinski definition) is 4. The highest BCUT2D eigenvalue weighted by molar-refractivity contribution is 9.11. The van der Waals surface area contributed by atoms with Gasteiger partial charge in [-0.3, -0.25) is 9.59 Å². The van der Waals surface area contributed by atoms with E-state index in [1.807, 2.05) is 0 Å². The van der Waals surface area contributed by atoms with E-state index in [1.165, 1.54) is 18.6 Å². The fourth-order valence-corrected chi connectivity index (χ4v) is 3.37. The van der Waals surface area contributed by atoms with E-state index in [0.717, 1.165) is 0 Å². The fraction of sp³-hybridized carbons (Fsp3) is 0.263. The Labute approximate surface area is 185 Å². The van der Waals surface area contributed by atoms with Gasteiger partial charge in [0.25, 0.3) is 0 Å². The molecule has 6 nitrogen and oxygen atoms in total. The van der Waals surface area contributed by atoms with Crippen molar-refractivity contribution in [1.29, 1.82) is 0 Å². The maximum absolute atomic E-state index is 11.7. The van der Waals surface area contributed by atoms with Crippen LogP contribution in [0.2, 0.25) is 5.02 Å². The number of phenolic OH excluding ortho intramolecular Hbond substituents is 1. The van der Waals surface area contributed by atoms with Gasteiger partial charge in [-0.25, -0.2) is 0 Å². The van der Waals surface area contributed by atoms with Crippen molar-refractivity contribution in [2.75, 3.05) is 5.32 Å². The molecular formula is C19H20Br2ClNO5. The monoisotopic (exact) mass is 535 g/mol. The van der Waals surface area contributed by atoms with Crippen molar-refractivity contribution < 1.29 is 24.5 Å². The number of amides is 1. The molecule has 2 rings (SSSR count). The minimum absolute atomic E-state index is 0.0557. The molecular weight excluding hydrogens is 517 g/mol. The average Bonchev–Trinajstić information content (AvgIpc) is 2.59. The molecule has 0 aliphatic carbocycles. The number of halogens is 3. The van der Waals surface area contributed by atoms with Crippen LogP contribution < -0.4 is 10.1 Å². The van der Waals surface area contributed by atoms with Crippen molar-refractivity contribution in [1.82, 2.24) is 0 Å². The van der Waals surface area contributed by atoms with E-state index in [4.69, 9.17) is 21.4 Å². The van der Waals surface area contributed by atoms with Gasteiger partial charge in [-0.2, -0.15) is 0 Å². The molecule has 0 aromatic heterocycles. The molecule has 0 unspecified atom stereocenters. The molecule has 152 valence electrons. The lowest BCUT2D eigenvalue weighted by atomic mass is 10.2. The highest BCUT2D eigenvalue weighted by Crippen LogP contribution is 2.43. The Morgan fingerprint density at radius 1 is 1.21 bits per heavy atom. The molecule has 28 heavy (non-hydrogen) atoms.